The Morgan fingerprint density at radius 2 is 1.82 bits per heavy atom. The van der Waals surface area contributed by atoms with E-state index >= 15 is 0 Å². The van der Waals surface area contributed by atoms with Crippen LogP contribution in [0.1, 0.15) is 56.6 Å². The number of carbonyl (C=O) groups is 2. The number of nitrogens with one attached hydrogen (secondary N) is 1. The number of nitrogens with zero attached hydrogens (tertiary/aromatic N) is 1. The highest BCUT2D eigenvalue weighted by molar-refractivity contribution is 6.31. The molecule has 0 radical (unpaired) electrons. The van der Waals surface area contributed by atoms with E-state index in [0.29, 0.717) is 28.8 Å². The van der Waals surface area contributed by atoms with Crippen molar-refractivity contribution in [3.05, 3.63) is 63.6 Å². The number of anilines is 1. The van der Waals surface area contributed by atoms with Crippen molar-refractivity contribution in [3.8, 4) is 0 Å². The lowest BCUT2D eigenvalue weighted by atomic mass is 9.81. The van der Waals surface area contributed by atoms with Crippen molar-refractivity contribution in [2.24, 2.45) is 0 Å². The van der Waals surface area contributed by atoms with Crippen molar-refractivity contribution in [2.45, 2.75) is 63.5 Å². The van der Waals surface area contributed by atoms with Gasteiger partial charge < -0.3 is 10.1 Å². The van der Waals surface area contributed by atoms with E-state index in [4.69, 9.17) is 27.9 Å². The highest BCUT2D eigenvalue weighted by Gasteiger charge is 2.53. The van der Waals surface area contributed by atoms with E-state index in [1.165, 1.54) is 12.8 Å². The monoisotopic (exact) mass is 488 g/mol. The van der Waals surface area contributed by atoms with Crippen LogP contribution in [0.5, 0.6) is 0 Å². The first-order valence-corrected chi connectivity index (χ1v) is 12.5. The summed E-state index contributed by atoms with van der Waals surface area (Å²) in [6.45, 7) is 2.15. The molecule has 33 heavy (non-hydrogen) atoms. The van der Waals surface area contributed by atoms with Crippen molar-refractivity contribution in [3.63, 3.8) is 0 Å². The Bertz CT molecular complexity index is 1020. The normalized spacial score (nSPS) is 20.9. The number of benzene rings is 2. The molecule has 5 nitrogen and oxygen atoms in total. The van der Waals surface area contributed by atoms with E-state index in [1.807, 2.05) is 36.4 Å². The van der Waals surface area contributed by atoms with Gasteiger partial charge in [0.15, 0.2) is 0 Å². The first-order valence-electron chi connectivity index (χ1n) is 11.7. The maximum Gasteiger partial charge on any atom is 0.320 e. The molecule has 1 unspecified atom stereocenters. The SMILES string of the molecule is CCOC(=O)CN(C1CCCCCC1)C1(Cc2cccc(Cl)c2)C(=O)Nc2cc(Cl)ccc21. The Hall–Kier alpha value is -2.08. The molecule has 1 fully saturated rings. The maximum atomic E-state index is 13.9. The topological polar surface area (TPSA) is 58.6 Å². The summed E-state index contributed by atoms with van der Waals surface area (Å²) in [7, 11) is 0. The minimum absolute atomic E-state index is 0.0502. The van der Waals surface area contributed by atoms with Gasteiger partial charge in [-0.3, -0.25) is 14.5 Å². The van der Waals surface area contributed by atoms with Crippen molar-refractivity contribution in [1.82, 2.24) is 4.90 Å². The number of hydrogen-bond donors (Lipinski definition) is 1. The zero-order valence-corrected chi connectivity index (χ0v) is 20.4. The van der Waals surface area contributed by atoms with Crippen LogP contribution in [0.4, 0.5) is 5.69 Å². The van der Waals surface area contributed by atoms with Gasteiger partial charge in [-0.25, -0.2) is 0 Å². The molecular formula is C26H30Cl2N2O3. The summed E-state index contributed by atoms with van der Waals surface area (Å²) in [6.07, 6.45) is 6.76. The molecule has 0 spiro atoms. The van der Waals surface area contributed by atoms with Crippen molar-refractivity contribution in [1.29, 1.82) is 0 Å². The van der Waals surface area contributed by atoms with Gasteiger partial charge in [-0.1, -0.05) is 67.1 Å². The second-order valence-electron chi connectivity index (χ2n) is 8.89. The average Bonchev–Trinajstić information content (AvgIpc) is 2.93. The number of ether oxygens (including phenoxy) is 1. The van der Waals surface area contributed by atoms with Gasteiger partial charge in [0, 0.05) is 33.8 Å². The van der Waals surface area contributed by atoms with Crippen LogP contribution in [0.15, 0.2) is 42.5 Å². The summed E-state index contributed by atoms with van der Waals surface area (Å²) in [5.41, 5.74) is 1.40. The van der Waals surface area contributed by atoms with Crippen LogP contribution in [-0.4, -0.2) is 36.0 Å². The highest BCUT2D eigenvalue weighted by Crippen LogP contribution is 2.46. The summed E-state index contributed by atoms with van der Waals surface area (Å²) in [6, 6.07) is 13.2. The second kappa shape index (κ2) is 10.5. The lowest BCUT2D eigenvalue weighted by Crippen LogP contribution is -2.58. The molecule has 1 saturated carbocycles. The Morgan fingerprint density at radius 3 is 2.52 bits per heavy atom. The number of fused-ring (bicyclic) bond motifs is 1. The summed E-state index contributed by atoms with van der Waals surface area (Å²) < 4.78 is 5.36. The molecule has 1 amide bonds. The van der Waals surface area contributed by atoms with Gasteiger partial charge in [0.05, 0.1) is 13.2 Å². The number of esters is 1. The van der Waals surface area contributed by atoms with Crippen molar-refractivity contribution < 1.29 is 14.3 Å². The molecular weight excluding hydrogens is 459 g/mol. The predicted octanol–water partition coefficient (Wildman–Crippen LogP) is 5.97. The van der Waals surface area contributed by atoms with Crippen LogP contribution in [-0.2, 0) is 26.3 Å². The van der Waals surface area contributed by atoms with E-state index in [2.05, 4.69) is 10.2 Å². The molecule has 7 heteroatoms. The second-order valence-corrected chi connectivity index (χ2v) is 9.76. The standard InChI is InChI=1S/C26H30Cl2N2O3/c1-2-33-24(31)17-30(21-10-5-3-4-6-11-21)26(16-18-8-7-9-19(27)14-18)22-13-12-20(28)15-23(22)29-25(26)32/h7-9,12-15,21H,2-6,10-11,16-17H2,1H3,(H,29,32). The molecule has 1 atom stereocenters. The number of carbonyl (C=O) groups excluding carboxylic acids is 2. The third-order valence-electron chi connectivity index (χ3n) is 6.76. The van der Waals surface area contributed by atoms with E-state index in [1.54, 1.807) is 13.0 Å². The van der Waals surface area contributed by atoms with Gasteiger partial charge in [0.25, 0.3) is 0 Å². The van der Waals surface area contributed by atoms with Gasteiger partial charge in [-0.2, -0.15) is 0 Å². The predicted molar refractivity (Wildman–Crippen MR) is 132 cm³/mol. The Balaban J connectivity index is 1.86. The van der Waals surface area contributed by atoms with Crippen molar-refractivity contribution >= 4 is 40.8 Å². The number of halogens is 2. The van der Waals surface area contributed by atoms with Crippen LogP contribution in [0.3, 0.4) is 0 Å². The fourth-order valence-electron chi connectivity index (χ4n) is 5.32. The Labute approximate surface area is 205 Å². The van der Waals surface area contributed by atoms with Gasteiger partial charge in [-0.15, -0.1) is 0 Å². The van der Waals surface area contributed by atoms with Gasteiger partial charge >= 0.3 is 5.97 Å². The zero-order chi connectivity index (χ0) is 23.4. The lowest BCUT2D eigenvalue weighted by Gasteiger charge is -2.44. The largest absolute Gasteiger partial charge is 0.465 e. The molecule has 2 aromatic rings. The number of rotatable bonds is 7. The minimum Gasteiger partial charge on any atom is -0.465 e. The number of hydrogen-bond acceptors (Lipinski definition) is 4. The fourth-order valence-corrected chi connectivity index (χ4v) is 5.71. The first-order chi connectivity index (χ1) is 15.9. The lowest BCUT2D eigenvalue weighted by molar-refractivity contribution is -0.149. The van der Waals surface area contributed by atoms with E-state index < -0.39 is 5.54 Å². The molecule has 1 aliphatic carbocycles. The third-order valence-corrected chi connectivity index (χ3v) is 7.23. The van der Waals surface area contributed by atoms with E-state index in [0.717, 1.165) is 36.8 Å². The Kier molecular flexibility index (Phi) is 7.62. The minimum atomic E-state index is -1.06. The molecule has 2 aliphatic rings. The maximum absolute atomic E-state index is 13.9. The van der Waals surface area contributed by atoms with Gasteiger partial charge in [-0.05, 0) is 49.6 Å². The van der Waals surface area contributed by atoms with Crippen LogP contribution in [0, 0.1) is 0 Å². The van der Waals surface area contributed by atoms with E-state index in [-0.39, 0.29) is 24.5 Å². The molecule has 0 aromatic heterocycles. The Morgan fingerprint density at radius 1 is 1.09 bits per heavy atom. The molecule has 1 aliphatic heterocycles. The summed E-state index contributed by atoms with van der Waals surface area (Å²) in [5.74, 6) is -0.462. The molecule has 176 valence electrons. The molecule has 2 aromatic carbocycles. The van der Waals surface area contributed by atoms with Gasteiger partial charge in [0.2, 0.25) is 5.91 Å². The van der Waals surface area contributed by atoms with Crippen LogP contribution < -0.4 is 5.32 Å². The van der Waals surface area contributed by atoms with Crippen molar-refractivity contribution in [2.75, 3.05) is 18.5 Å². The molecule has 0 saturated heterocycles. The molecule has 4 rings (SSSR count). The summed E-state index contributed by atoms with van der Waals surface area (Å²) >= 11 is 12.6. The van der Waals surface area contributed by atoms with Crippen LogP contribution in [0.2, 0.25) is 10.0 Å². The summed E-state index contributed by atoms with van der Waals surface area (Å²) in [4.78, 5) is 28.8. The first kappa shape index (κ1) is 24.1. The molecule has 1 heterocycles. The van der Waals surface area contributed by atoms with E-state index in [9.17, 15) is 9.59 Å². The van der Waals surface area contributed by atoms with Crippen LogP contribution in [0.25, 0.3) is 0 Å². The molecule has 0 bridgehead atoms. The smallest absolute Gasteiger partial charge is 0.320 e. The summed E-state index contributed by atoms with van der Waals surface area (Å²) in [5, 5.41) is 4.22. The zero-order valence-electron chi connectivity index (χ0n) is 18.9. The molecule has 1 N–H and O–H groups in total. The fraction of sp³-hybridized carbons (Fsp3) is 0.462. The van der Waals surface area contributed by atoms with Crippen LogP contribution >= 0.6 is 23.2 Å². The van der Waals surface area contributed by atoms with Gasteiger partial charge in [0.1, 0.15) is 5.54 Å². The third kappa shape index (κ3) is 5.06. The quantitative estimate of drug-likeness (QED) is 0.385. The average molecular weight is 489 g/mol. The number of amides is 1. The highest BCUT2D eigenvalue weighted by atomic mass is 35.5.